The standard InChI is InChI=1S/C11H17N3/c1-11(2)5-3-7-14(11)10-4-6-13-8-9(10)12/h4,6,8H,3,5,7,12H2,1-2H3. The largest absolute Gasteiger partial charge is 0.396 e. The highest BCUT2D eigenvalue weighted by Gasteiger charge is 2.32. The van der Waals surface area contributed by atoms with Crippen LogP contribution in [0.5, 0.6) is 0 Å². The molecule has 14 heavy (non-hydrogen) atoms. The van der Waals surface area contributed by atoms with Crippen LogP contribution in [0.4, 0.5) is 11.4 Å². The maximum atomic E-state index is 5.92. The topological polar surface area (TPSA) is 42.2 Å². The van der Waals surface area contributed by atoms with Crippen molar-refractivity contribution in [2.45, 2.75) is 32.2 Å². The van der Waals surface area contributed by atoms with E-state index in [0.29, 0.717) is 0 Å². The molecule has 0 atom stereocenters. The molecule has 1 aliphatic heterocycles. The van der Waals surface area contributed by atoms with Gasteiger partial charge in [-0.3, -0.25) is 4.98 Å². The summed E-state index contributed by atoms with van der Waals surface area (Å²) in [6.45, 7) is 5.63. The number of rotatable bonds is 1. The molecule has 1 aromatic rings. The second kappa shape index (κ2) is 3.15. The van der Waals surface area contributed by atoms with Gasteiger partial charge in [-0.2, -0.15) is 0 Å². The molecule has 0 bridgehead atoms. The van der Waals surface area contributed by atoms with Gasteiger partial charge in [0, 0.05) is 18.3 Å². The Labute approximate surface area is 84.9 Å². The quantitative estimate of drug-likeness (QED) is 0.738. The predicted octanol–water partition coefficient (Wildman–Crippen LogP) is 2.04. The van der Waals surface area contributed by atoms with E-state index in [0.717, 1.165) is 17.9 Å². The molecule has 1 saturated heterocycles. The molecule has 0 spiro atoms. The molecule has 1 aromatic heterocycles. The van der Waals surface area contributed by atoms with Gasteiger partial charge in [0.1, 0.15) is 0 Å². The molecule has 1 fully saturated rings. The molecule has 3 heteroatoms. The first-order valence-electron chi connectivity index (χ1n) is 5.08. The molecule has 0 amide bonds. The first kappa shape index (κ1) is 9.31. The average Bonchev–Trinajstić information content (AvgIpc) is 2.46. The molecule has 2 heterocycles. The molecule has 0 aromatic carbocycles. The summed E-state index contributed by atoms with van der Waals surface area (Å²) in [6, 6.07) is 2.00. The summed E-state index contributed by atoms with van der Waals surface area (Å²) in [6.07, 6.45) is 6.01. The van der Waals surface area contributed by atoms with Crippen molar-refractivity contribution in [3.63, 3.8) is 0 Å². The number of nitrogens with zero attached hydrogens (tertiary/aromatic N) is 2. The van der Waals surface area contributed by atoms with Crippen molar-refractivity contribution in [2.24, 2.45) is 0 Å². The van der Waals surface area contributed by atoms with Crippen LogP contribution in [0.15, 0.2) is 18.5 Å². The Hall–Kier alpha value is -1.25. The molecular formula is C11H17N3. The van der Waals surface area contributed by atoms with Crippen LogP contribution >= 0.6 is 0 Å². The van der Waals surface area contributed by atoms with Gasteiger partial charge in [0.05, 0.1) is 17.6 Å². The second-order valence-corrected chi connectivity index (χ2v) is 4.50. The Morgan fingerprint density at radius 3 is 2.86 bits per heavy atom. The van der Waals surface area contributed by atoms with Crippen molar-refractivity contribution in [3.05, 3.63) is 18.5 Å². The van der Waals surface area contributed by atoms with Crippen LogP contribution in [0.1, 0.15) is 26.7 Å². The molecule has 2 N–H and O–H groups in total. The van der Waals surface area contributed by atoms with Crippen LogP contribution in [0.25, 0.3) is 0 Å². The van der Waals surface area contributed by atoms with E-state index in [1.165, 1.54) is 12.8 Å². The van der Waals surface area contributed by atoms with E-state index >= 15 is 0 Å². The number of nitrogens with two attached hydrogens (primary N) is 1. The number of aromatic nitrogens is 1. The zero-order chi connectivity index (χ0) is 10.2. The summed E-state index contributed by atoms with van der Waals surface area (Å²) in [4.78, 5) is 6.39. The second-order valence-electron chi connectivity index (χ2n) is 4.50. The van der Waals surface area contributed by atoms with Crippen LogP contribution in [0, 0.1) is 0 Å². The maximum absolute atomic E-state index is 5.92. The van der Waals surface area contributed by atoms with Gasteiger partial charge < -0.3 is 10.6 Å². The van der Waals surface area contributed by atoms with Gasteiger partial charge in [-0.15, -0.1) is 0 Å². The lowest BCUT2D eigenvalue weighted by atomic mass is 10.0. The molecular weight excluding hydrogens is 174 g/mol. The Morgan fingerprint density at radius 2 is 2.29 bits per heavy atom. The predicted molar refractivity (Wildman–Crippen MR) is 59.3 cm³/mol. The molecule has 0 saturated carbocycles. The van der Waals surface area contributed by atoms with Crippen molar-refractivity contribution in [1.29, 1.82) is 0 Å². The van der Waals surface area contributed by atoms with Crippen LogP contribution < -0.4 is 10.6 Å². The zero-order valence-corrected chi connectivity index (χ0v) is 8.83. The highest BCUT2D eigenvalue weighted by molar-refractivity contribution is 5.67. The van der Waals surface area contributed by atoms with Gasteiger partial charge in [-0.05, 0) is 32.8 Å². The van der Waals surface area contributed by atoms with Crippen LogP contribution in [-0.4, -0.2) is 17.1 Å². The normalized spacial score (nSPS) is 20.0. The lowest BCUT2D eigenvalue weighted by Gasteiger charge is -2.34. The minimum absolute atomic E-state index is 0.232. The molecule has 3 nitrogen and oxygen atoms in total. The number of hydrogen-bond acceptors (Lipinski definition) is 3. The average molecular weight is 191 g/mol. The fraction of sp³-hybridized carbons (Fsp3) is 0.545. The molecule has 0 unspecified atom stereocenters. The summed E-state index contributed by atoms with van der Waals surface area (Å²) < 4.78 is 0. The Morgan fingerprint density at radius 1 is 1.50 bits per heavy atom. The highest BCUT2D eigenvalue weighted by Crippen LogP contribution is 2.35. The van der Waals surface area contributed by atoms with E-state index < -0.39 is 0 Å². The summed E-state index contributed by atoms with van der Waals surface area (Å²) in [7, 11) is 0. The molecule has 0 aliphatic carbocycles. The van der Waals surface area contributed by atoms with Crippen molar-refractivity contribution >= 4 is 11.4 Å². The van der Waals surface area contributed by atoms with E-state index in [1.807, 2.05) is 6.07 Å². The molecule has 2 rings (SSSR count). The van der Waals surface area contributed by atoms with Crippen molar-refractivity contribution < 1.29 is 0 Å². The molecule has 1 aliphatic rings. The number of pyridine rings is 1. The number of hydrogen-bond donors (Lipinski definition) is 1. The van der Waals surface area contributed by atoms with Gasteiger partial charge in [0.2, 0.25) is 0 Å². The maximum Gasteiger partial charge on any atom is 0.0738 e. The minimum Gasteiger partial charge on any atom is -0.396 e. The monoisotopic (exact) mass is 191 g/mol. The minimum atomic E-state index is 0.232. The Balaban J connectivity index is 2.36. The smallest absolute Gasteiger partial charge is 0.0738 e. The van der Waals surface area contributed by atoms with Gasteiger partial charge in [0.15, 0.2) is 0 Å². The van der Waals surface area contributed by atoms with Gasteiger partial charge >= 0.3 is 0 Å². The lowest BCUT2D eigenvalue weighted by Crippen LogP contribution is -2.38. The summed E-state index contributed by atoms with van der Waals surface area (Å²) in [5.41, 5.74) is 8.06. The summed E-state index contributed by atoms with van der Waals surface area (Å²) in [5.74, 6) is 0. The SMILES string of the molecule is CC1(C)CCCN1c1ccncc1N. The number of nitrogen functional groups attached to an aromatic ring is 1. The van der Waals surface area contributed by atoms with Gasteiger partial charge in [-0.1, -0.05) is 0 Å². The fourth-order valence-electron chi connectivity index (χ4n) is 2.20. The third-order valence-corrected chi connectivity index (χ3v) is 3.02. The van der Waals surface area contributed by atoms with E-state index in [1.54, 1.807) is 12.4 Å². The van der Waals surface area contributed by atoms with Crippen LogP contribution in [-0.2, 0) is 0 Å². The van der Waals surface area contributed by atoms with Crippen molar-refractivity contribution in [2.75, 3.05) is 17.2 Å². The zero-order valence-electron chi connectivity index (χ0n) is 8.83. The Bertz CT molecular complexity index is 333. The van der Waals surface area contributed by atoms with E-state index in [9.17, 15) is 0 Å². The van der Waals surface area contributed by atoms with Gasteiger partial charge in [-0.25, -0.2) is 0 Å². The van der Waals surface area contributed by atoms with Crippen LogP contribution in [0.3, 0.4) is 0 Å². The third kappa shape index (κ3) is 1.43. The van der Waals surface area contributed by atoms with Crippen molar-refractivity contribution in [3.8, 4) is 0 Å². The van der Waals surface area contributed by atoms with E-state index in [2.05, 4.69) is 23.7 Å². The first-order chi connectivity index (χ1) is 6.61. The third-order valence-electron chi connectivity index (χ3n) is 3.02. The fourth-order valence-corrected chi connectivity index (χ4v) is 2.20. The molecule has 76 valence electrons. The summed E-state index contributed by atoms with van der Waals surface area (Å²) >= 11 is 0. The highest BCUT2D eigenvalue weighted by atomic mass is 15.2. The van der Waals surface area contributed by atoms with Gasteiger partial charge in [0.25, 0.3) is 0 Å². The molecule has 0 radical (unpaired) electrons. The van der Waals surface area contributed by atoms with Crippen LogP contribution in [0.2, 0.25) is 0 Å². The van der Waals surface area contributed by atoms with Crippen molar-refractivity contribution in [1.82, 2.24) is 4.98 Å². The number of anilines is 2. The van der Waals surface area contributed by atoms with E-state index in [-0.39, 0.29) is 5.54 Å². The first-order valence-corrected chi connectivity index (χ1v) is 5.08. The van der Waals surface area contributed by atoms with E-state index in [4.69, 9.17) is 5.73 Å². The lowest BCUT2D eigenvalue weighted by molar-refractivity contribution is 0.518. The Kier molecular flexibility index (Phi) is 2.10. The summed E-state index contributed by atoms with van der Waals surface area (Å²) in [5, 5.41) is 0.